The predicted molar refractivity (Wildman–Crippen MR) is 101 cm³/mol. The Morgan fingerprint density at radius 2 is 1.85 bits per heavy atom. The van der Waals surface area contributed by atoms with Crippen molar-refractivity contribution in [2.45, 2.75) is 33.7 Å². The zero-order chi connectivity index (χ0) is 20.3. The fourth-order valence-electron chi connectivity index (χ4n) is 3.30. The van der Waals surface area contributed by atoms with Gasteiger partial charge in [0.2, 0.25) is 5.78 Å². The van der Waals surface area contributed by atoms with Crippen LogP contribution in [0.2, 0.25) is 0 Å². The van der Waals surface area contributed by atoms with Crippen molar-refractivity contribution in [3.8, 4) is 0 Å². The highest BCUT2D eigenvalue weighted by Crippen LogP contribution is 2.21. The normalized spacial score (nSPS) is 12.1. The van der Waals surface area contributed by atoms with E-state index in [-0.39, 0.29) is 29.9 Å². The van der Waals surface area contributed by atoms with Gasteiger partial charge in [0.1, 0.15) is 5.69 Å². The minimum atomic E-state index is -0.639. The largest absolute Gasteiger partial charge is 0.453 e. The van der Waals surface area contributed by atoms with Gasteiger partial charge in [0.15, 0.2) is 12.4 Å². The summed E-state index contributed by atoms with van der Waals surface area (Å²) in [7, 11) is 3.28. The summed E-state index contributed by atoms with van der Waals surface area (Å²) in [4.78, 5) is 36.2. The van der Waals surface area contributed by atoms with Crippen LogP contribution in [-0.4, -0.2) is 47.0 Å². The van der Waals surface area contributed by atoms with E-state index in [1.807, 2.05) is 25.3 Å². The lowest BCUT2D eigenvalue weighted by atomic mass is 10.1. The minimum absolute atomic E-state index is 0.0903. The van der Waals surface area contributed by atoms with Gasteiger partial charge in [0, 0.05) is 42.9 Å². The first-order valence-corrected chi connectivity index (χ1v) is 8.72. The second kappa shape index (κ2) is 8.35. The molecule has 0 unspecified atom stereocenters. The highest BCUT2D eigenvalue weighted by molar-refractivity contribution is 6.01. The van der Waals surface area contributed by atoms with Crippen molar-refractivity contribution in [3.63, 3.8) is 0 Å². The summed E-state index contributed by atoms with van der Waals surface area (Å²) in [5.74, 6) is -1.05. The van der Waals surface area contributed by atoms with Crippen LogP contribution < -0.4 is 0 Å². The topological polar surface area (TPSA) is 79.5 Å². The average molecular weight is 374 g/mol. The number of aromatic nitrogens is 2. The Bertz CT molecular complexity index is 875. The summed E-state index contributed by atoms with van der Waals surface area (Å²) in [6.07, 6.45) is 1.56. The lowest BCUT2D eigenvalue weighted by molar-refractivity contribution is 0.0465. The maximum Gasteiger partial charge on any atom is 0.355 e. The first-order valence-electron chi connectivity index (χ1n) is 8.72. The highest BCUT2D eigenvalue weighted by Gasteiger charge is 2.21. The maximum absolute atomic E-state index is 12.6. The number of nitrogens with zero attached hydrogens (tertiary/aromatic N) is 2. The fourth-order valence-corrected chi connectivity index (χ4v) is 3.30. The van der Waals surface area contributed by atoms with E-state index in [4.69, 9.17) is 9.47 Å². The molecule has 0 aliphatic rings. The number of esters is 1. The molecule has 0 amide bonds. The molecule has 0 aliphatic carbocycles. The summed E-state index contributed by atoms with van der Waals surface area (Å²) in [6.45, 7) is 7.40. The number of carbonyl (C=O) groups excluding carboxylic acids is 3. The highest BCUT2D eigenvalue weighted by atomic mass is 16.5. The lowest BCUT2D eigenvalue weighted by Crippen LogP contribution is -2.18. The Labute approximate surface area is 158 Å². The second-order valence-corrected chi connectivity index (χ2v) is 6.74. The van der Waals surface area contributed by atoms with Crippen molar-refractivity contribution in [1.82, 2.24) is 9.13 Å². The van der Waals surface area contributed by atoms with Crippen molar-refractivity contribution >= 4 is 17.5 Å². The number of methoxy groups -OCH3 is 1. The van der Waals surface area contributed by atoms with E-state index in [1.54, 1.807) is 26.4 Å². The van der Waals surface area contributed by atoms with Crippen LogP contribution in [0.25, 0.3) is 0 Å². The van der Waals surface area contributed by atoms with Gasteiger partial charge in [-0.1, -0.05) is 0 Å². The summed E-state index contributed by atoms with van der Waals surface area (Å²) in [5, 5.41) is 0. The van der Waals surface area contributed by atoms with E-state index in [0.29, 0.717) is 17.7 Å². The van der Waals surface area contributed by atoms with E-state index in [9.17, 15) is 14.4 Å². The first-order chi connectivity index (χ1) is 12.7. The standard InChI is InChI=1S/C20H26N2O5/c1-12-7-17(14(3)22(12)13(2)10-26-6)19(24)11-27-20(25)18-8-16(15(4)23)9-21(18)5/h7-9,13H,10-11H2,1-6H3/t13-/m1/s1. The summed E-state index contributed by atoms with van der Waals surface area (Å²) < 4.78 is 13.9. The van der Waals surface area contributed by atoms with Crippen LogP contribution >= 0.6 is 0 Å². The second-order valence-electron chi connectivity index (χ2n) is 6.74. The molecule has 7 heteroatoms. The van der Waals surface area contributed by atoms with Gasteiger partial charge in [-0.05, 0) is 39.8 Å². The van der Waals surface area contributed by atoms with Crippen LogP contribution in [-0.2, 0) is 16.5 Å². The van der Waals surface area contributed by atoms with Crippen LogP contribution in [0.5, 0.6) is 0 Å². The quantitative estimate of drug-likeness (QED) is 0.524. The fraction of sp³-hybridized carbons (Fsp3) is 0.450. The number of hydrogen-bond donors (Lipinski definition) is 0. The van der Waals surface area contributed by atoms with E-state index in [2.05, 4.69) is 0 Å². The molecule has 2 heterocycles. The minimum Gasteiger partial charge on any atom is -0.453 e. The van der Waals surface area contributed by atoms with Gasteiger partial charge in [-0.15, -0.1) is 0 Å². The number of aryl methyl sites for hydroxylation is 2. The molecule has 0 spiro atoms. The molecule has 7 nitrogen and oxygen atoms in total. The molecular formula is C20H26N2O5. The third-order valence-electron chi connectivity index (χ3n) is 4.59. The third-order valence-corrected chi connectivity index (χ3v) is 4.59. The Hall–Kier alpha value is -2.67. The SMILES string of the molecule is COC[C@@H](C)n1c(C)cc(C(=O)COC(=O)c2cc(C(C)=O)cn2C)c1C. The smallest absolute Gasteiger partial charge is 0.355 e. The molecule has 0 saturated carbocycles. The van der Waals surface area contributed by atoms with E-state index in [1.165, 1.54) is 17.6 Å². The molecular weight excluding hydrogens is 348 g/mol. The molecule has 0 radical (unpaired) electrons. The molecule has 146 valence electrons. The molecule has 0 bridgehead atoms. The Morgan fingerprint density at radius 3 is 2.41 bits per heavy atom. The number of rotatable bonds is 8. The van der Waals surface area contributed by atoms with Crippen molar-refractivity contribution in [3.05, 3.63) is 46.5 Å². The van der Waals surface area contributed by atoms with Gasteiger partial charge < -0.3 is 18.6 Å². The van der Waals surface area contributed by atoms with Gasteiger partial charge in [0.05, 0.1) is 12.6 Å². The molecule has 2 aromatic rings. The summed E-state index contributed by atoms with van der Waals surface area (Å²) in [5.41, 5.74) is 2.94. The van der Waals surface area contributed by atoms with Crippen molar-refractivity contribution in [2.24, 2.45) is 7.05 Å². The number of Topliss-reactive ketones (excluding diaryl/α,β-unsaturated/α-hetero) is 2. The maximum atomic E-state index is 12.6. The van der Waals surface area contributed by atoms with Crippen LogP contribution in [0.3, 0.4) is 0 Å². The Morgan fingerprint density at radius 1 is 1.19 bits per heavy atom. The van der Waals surface area contributed by atoms with E-state index in [0.717, 1.165) is 11.4 Å². The van der Waals surface area contributed by atoms with Crippen molar-refractivity contribution in [1.29, 1.82) is 0 Å². The monoisotopic (exact) mass is 374 g/mol. The molecule has 2 aromatic heterocycles. The van der Waals surface area contributed by atoms with Crippen LogP contribution in [0.15, 0.2) is 18.3 Å². The van der Waals surface area contributed by atoms with E-state index >= 15 is 0 Å². The predicted octanol–water partition coefficient (Wildman–Crippen LogP) is 2.89. The zero-order valence-electron chi connectivity index (χ0n) is 16.7. The first kappa shape index (κ1) is 20.6. The molecule has 27 heavy (non-hydrogen) atoms. The van der Waals surface area contributed by atoms with Gasteiger partial charge in [-0.2, -0.15) is 0 Å². The van der Waals surface area contributed by atoms with Gasteiger partial charge in [-0.3, -0.25) is 9.59 Å². The third kappa shape index (κ3) is 4.36. The molecule has 0 fully saturated rings. The van der Waals surface area contributed by atoms with Gasteiger partial charge in [-0.25, -0.2) is 4.79 Å². The Kier molecular flexibility index (Phi) is 6.38. The Balaban J connectivity index is 2.11. The lowest BCUT2D eigenvalue weighted by Gasteiger charge is -2.17. The number of carbonyl (C=O) groups is 3. The zero-order valence-corrected chi connectivity index (χ0v) is 16.7. The summed E-state index contributed by atoms with van der Waals surface area (Å²) >= 11 is 0. The van der Waals surface area contributed by atoms with Crippen molar-refractivity contribution < 1.29 is 23.9 Å². The molecule has 0 aromatic carbocycles. The number of ether oxygens (including phenoxy) is 2. The van der Waals surface area contributed by atoms with Crippen LogP contribution in [0, 0.1) is 13.8 Å². The summed E-state index contributed by atoms with van der Waals surface area (Å²) in [6, 6.07) is 3.36. The van der Waals surface area contributed by atoms with Gasteiger partial charge >= 0.3 is 5.97 Å². The molecule has 1 atom stereocenters. The molecule has 0 N–H and O–H groups in total. The van der Waals surface area contributed by atoms with Crippen molar-refractivity contribution in [2.75, 3.05) is 20.3 Å². The molecule has 0 aliphatic heterocycles. The molecule has 2 rings (SSSR count). The van der Waals surface area contributed by atoms with Crippen LogP contribution in [0.4, 0.5) is 0 Å². The number of hydrogen-bond acceptors (Lipinski definition) is 5. The average Bonchev–Trinajstić information content (AvgIpc) is 3.12. The van der Waals surface area contributed by atoms with Gasteiger partial charge in [0.25, 0.3) is 0 Å². The number of ketones is 2. The van der Waals surface area contributed by atoms with Crippen LogP contribution in [0.1, 0.15) is 62.5 Å². The molecule has 0 saturated heterocycles. The van der Waals surface area contributed by atoms with E-state index < -0.39 is 5.97 Å².